The first-order valence-electron chi connectivity index (χ1n) is 7.06. The number of hydrogen-bond donors (Lipinski definition) is 0. The predicted octanol–water partition coefficient (Wildman–Crippen LogP) is 2.48. The van der Waals surface area contributed by atoms with E-state index in [2.05, 4.69) is 28.9 Å². The van der Waals surface area contributed by atoms with Crippen LogP contribution in [-0.2, 0) is 11.3 Å². The maximum atomic E-state index is 12.9. The second-order valence-electron chi connectivity index (χ2n) is 5.46. The van der Waals surface area contributed by atoms with Crippen molar-refractivity contribution in [2.75, 3.05) is 13.1 Å². The van der Waals surface area contributed by atoms with Crippen LogP contribution in [0.5, 0.6) is 0 Å². The van der Waals surface area contributed by atoms with E-state index in [4.69, 9.17) is 9.15 Å². The van der Waals surface area contributed by atoms with Gasteiger partial charge in [0, 0.05) is 18.7 Å². The number of halogens is 1. The van der Waals surface area contributed by atoms with Gasteiger partial charge in [0.25, 0.3) is 0 Å². The molecule has 2 atom stereocenters. The van der Waals surface area contributed by atoms with Gasteiger partial charge in [-0.3, -0.25) is 4.90 Å². The second-order valence-corrected chi connectivity index (χ2v) is 5.46. The molecule has 6 heteroatoms. The van der Waals surface area contributed by atoms with Gasteiger partial charge in [0.05, 0.1) is 18.8 Å². The molecule has 0 aliphatic carbocycles. The first-order valence-corrected chi connectivity index (χ1v) is 7.06. The minimum absolute atomic E-state index is 0.202. The van der Waals surface area contributed by atoms with Gasteiger partial charge in [-0.1, -0.05) is 0 Å². The summed E-state index contributed by atoms with van der Waals surface area (Å²) < 4.78 is 24.3. The Morgan fingerprint density at radius 2 is 1.81 bits per heavy atom. The van der Waals surface area contributed by atoms with E-state index < -0.39 is 0 Å². The van der Waals surface area contributed by atoms with E-state index in [1.54, 1.807) is 12.1 Å². The molecule has 1 aliphatic rings. The molecule has 2 heterocycles. The second kappa shape index (κ2) is 5.91. The highest BCUT2D eigenvalue weighted by molar-refractivity contribution is 5.51. The number of nitrogens with zero attached hydrogens (tertiary/aromatic N) is 3. The average molecular weight is 291 g/mol. The minimum Gasteiger partial charge on any atom is -0.419 e. The summed E-state index contributed by atoms with van der Waals surface area (Å²) >= 11 is 0. The number of ether oxygens (including phenoxy) is 1. The summed E-state index contributed by atoms with van der Waals surface area (Å²) in [6.07, 6.45) is 0.404. The highest BCUT2D eigenvalue weighted by atomic mass is 19.1. The quantitative estimate of drug-likeness (QED) is 0.869. The van der Waals surface area contributed by atoms with E-state index in [0.29, 0.717) is 18.3 Å². The fourth-order valence-electron chi connectivity index (χ4n) is 2.63. The first-order chi connectivity index (χ1) is 10.1. The third-order valence-electron chi connectivity index (χ3n) is 3.41. The lowest BCUT2D eigenvalue weighted by Crippen LogP contribution is -2.44. The molecule has 2 aromatic rings. The molecule has 1 aliphatic heterocycles. The lowest BCUT2D eigenvalue weighted by atomic mass is 10.2. The molecule has 0 radical (unpaired) electrons. The number of aromatic nitrogens is 2. The van der Waals surface area contributed by atoms with Gasteiger partial charge in [-0.25, -0.2) is 4.39 Å². The molecule has 1 aromatic heterocycles. The Morgan fingerprint density at radius 3 is 2.48 bits per heavy atom. The molecule has 1 fully saturated rings. The molecule has 21 heavy (non-hydrogen) atoms. The molecule has 0 unspecified atom stereocenters. The molecule has 1 saturated heterocycles. The SMILES string of the molecule is C[C@@H]1CN(Cc2nnc(-c3ccc(F)cc3)o2)C[C@@H](C)O1. The van der Waals surface area contributed by atoms with Crippen LogP contribution in [0.25, 0.3) is 11.5 Å². The molecule has 1 aromatic carbocycles. The summed E-state index contributed by atoms with van der Waals surface area (Å²) in [6.45, 7) is 6.41. The van der Waals surface area contributed by atoms with Crippen molar-refractivity contribution in [1.29, 1.82) is 0 Å². The van der Waals surface area contributed by atoms with Crippen LogP contribution < -0.4 is 0 Å². The fourth-order valence-corrected chi connectivity index (χ4v) is 2.63. The van der Waals surface area contributed by atoms with E-state index in [1.807, 2.05) is 0 Å². The Morgan fingerprint density at radius 1 is 1.14 bits per heavy atom. The van der Waals surface area contributed by atoms with Crippen LogP contribution in [0.15, 0.2) is 28.7 Å². The van der Waals surface area contributed by atoms with Crippen molar-refractivity contribution in [3.8, 4) is 11.5 Å². The predicted molar refractivity (Wildman–Crippen MR) is 75.0 cm³/mol. The number of benzene rings is 1. The van der Waals surface area contributed by atoms with Crippen LogP contribution in [0.4, 0.5) is 4.39 Å². The van der Waals surface area contributed by atoms with Crippen LogP contribution >= 0.6 is 0 Å². The first kappa shape index (κ1) is 14.2. The van der Waals surface area contributed by atoms with Gasteiger partial charge >= 0.3 is 0 Å². The fraction of sp³-hybridized carbons (Fsp3) is 0.467. The summed E-state index contributed by atoms with van der Waals surface area (Å²) in [6, 6.07) is 6.02. The van der Waals surface area contributed by atoms with Gasteiger partial charge < -0.3 is 9.15 Å². The Labute approximate surface area is 122 Å². The van der Waals surface area contributed by atoms with Gasteiger partial charge in [0.1, 0.15) is 5.82 Å². The summed E-state index contributed by atoms with van der Waals surface area (Å²) in [7, 11) is 0. The third-order valence-corrected chi connectivity index (χ3v) is 3.41. The Hall–Kier alpha value is -1.79. The molecule has 0 spiro atoms. The van der Waals surface area contributed by atoms with Crippen LogP contribution in [-0.4, -0.2) is 40.4 Å². The van der Waals surface area contributed by atoms with Crippen molar-refractivity contribution in [2.24, 2.45) is 0 Å². The van der Waals surface area contributed by atoms with Gasteiger partial charge in [-0.05, 0) is 38.1 Å². The lowest BCUT2D eigenvalue weighted by Gasteiger charge is -2.34. The zero-order valence-corrected chi connectivity index (χ0v) is 12.1. The van der Waals surface area contributed by atoms with Crippen LogP contribution in [0.1, 0.15) is 19.7 Å². The topological polar surface area (TPSA) is 51.4 Å². The van der Waals surface area contributed by atoms with E-state index in [-0.39, 0.29) is 18.0 Å². The molecular weight excluding hydrogens is 273 g/mol. The molecular formula is C15H18FN3O2. The third kappa shape index (κ3) is 3.46. The largest absolute Gasteiger partial charge is 0.419 e. The van der Waals surface area contributed by atoms with Crippen molar-refractivity contribution in [2.45, 2.75) is 32.6 Å². The average Bonchev–Trinajstić information content (AvgIpc) is 2.87. The van der Waals surface area contributed by atoms with Crippen LogP contribution in [0.2, 0.25) is 0 Å². The highest BCUT2D eigenvalue weighted by Crippen LogP contribution is 2.19. The van der Waals surface area contributed by atoms with Crippen molar-refractivity contribution < 1.29 is 13.5 Å². The highest BCUT2D eigenvalue weighted by Gasteiger charge is 2.23. The van der Waals surface area contributed by atoms with Crippen molar-refractivity contribution in [3.63, 3.8) is 0 Å². The van der Waals surface area contributed by atoms with E-state index in [1.165, 1.54) is 12.1 Å². The Kier molecular flexibility index (Phi) is 3.98. The zero-order valence-electron chi connectivity index (χ0n) is 12.1. The number of hydrogen-bond acceptors (Lipinski definition) is 5. The van der Waals surface area contributed by atoms with Crippen molar-refractivity contribution in [1.82, 2.24) is 15.1 Å². The van der Waals surface area contributed by atoms with Gasteiger partial charge in [0.15, 0.2) is 0 Å². The summed E-state index contributed by atoms with van der Waals surface area (Å²) in [5.41, 5.74) is 0.721. The van der Waals surface area contributed by atoms with E-state index in [0.717, 1.165) is 18.7 Å². The van der Waals surface area contributed by atoms with E-state index >= 15 is 0 Å². The minimum atomic E-state index is -0.283. The normalized spacial score (nSPS) is 23.4. The van der Waals surface area contributed by atoms with Crippen molar-refractivity contribution in [3.05, 3.63) is 36.0 Å². The lowest BCUT2D eigenvalue weighted by molar-refractivity contribution is -0.0721. The molecule has 0 saturated carbocycles. The van der Waals surface area contributed by atoms with E-state index in [9.17, 15) is 4.39 Å². The summed E-state index contributed by atoms with van der Waals surface area (Å²) in [5.74, 6) is 0.699. The maximum Gasteiger partial charge on any atom is 0.247 e. The van der Waals surface area contributed by atoms with Crippen LogP contribution in [0, 0.1) is 5.82 Å². The molecule has 5 nitrogen and oxygen atoms in total. The van der Waals surface area contributed by atoms with Gasteiger partial charge in [0.2, 0.25) is 11.8 Å². The monoisotopic (exact) mass is 291 g/mol. The standard InChI is InChI=1S/C15H18FN3O2/c1-10-7-19(8-11(2)20-10)9-14-17-18-15(21-14)12-3-5-13(16)6-4-12/h3-6,10-11H,7-9H2,1-2H3/t10-,11-/m1/s1. The zero-order chi connectivity index (χ0) is 14.8. The Bertz CT molecular complexity index is 589. The van der Waals surface area contributed by atoms with Crippen molar-refractivity contribution >= 4 is 0 Å². The maximum absolute atomic E-state index is 12.9. The Balaban J connectivity index is 1.69. The van der Waals surface area contributed by atoms with Gasteiger partial charge in [-0.15, -0.1) is 10.2 Å². The molecule has 112 valence electrons. The molecule has 0 N–H and O–H groups in total. The van der Waals surface area contributed by atoms with Gasteiger partial charge in [-0.2, -0.15) is 0 Å². The number of morpholine rings is 1. The molecule has 3 rings (SSSR count). The smallest absolute Gasteiger partial charge is 0.247 e. The summed E-state index contributed by atoms with van der Waals surface area (Å²) in [4.78, 5) is 2.24. The summed E-state index contributed by atoms with van der Waals surface area (Å²) in [5, 5.41) is 8.09. The molecule has 0 bridgehead atoms. The number of rotatable bonds is 3. The molecule has 0 amide bonds. The van der Waals surface area contributed by atoms with Crippen LogP contribution in [0.3, 0.4) is 0 Å².